The van der Waals surface area contributed by atoms with Crippen molar-refractivity contribution in [3.63, 3.8) is 0 Å². The van der Waals surface area contributed by atoms with E-state index in [0.29, 0.717) is 0 Å². The summed E-state index contributed by atoms with van der Waals surface area (Å²) in [5.41, 5.74) is 1.95. The molecule has 4 nitrogen and oxygen atoms in total. The van der Waals surface area contributed by atoms with Gasteiger partial charge >= 0.3 is 6.03 Å². The Morgan fingerprint density at radius 2 is 1.65 bits per heavy atom. The van der Waals surface area contributed by atoms with E-state index in [1.165, 1.54) is 0 Å². The molecule has 0 aliphatic rings. The molecule has 5 heteroatoms. The maximum Gasteiger partial charge on any atom is 0.320 e. The van der Waals surface area contributed by atoms with Gasteiger partial charge in [0.1, 0.15) is 5.75 Å². The van der Waals surface area contributed by atoms with Crippen molar-refractivity contribution in [2.24, 2.45) is 0 Å². The summed E-state index contributed by atoms with van der Waals surface area (Å²) < 4.78 is 5.64. The third-order valence-electron chi connectivity index (χ3n) is 3.72. The van der Waals surface area contributed by atoms with Gasteiger partial charge in [0.2, 0.25) is 0 Å². The van der Waals surface area contributed by atoms with Crippen LogP contribution in [0.4, 0.5) is 4.79 Å². The van der Waals surface area contributed by atoms with E-state index in [9.17, 15) is 4.79 Å². The molecule has 130 valence electrons. The Morgan fingerprint density at radius 1 is 1.13 bits per heavy atom. The van der Waals surface area contributed by atoms with Gasteiger partial charge in [-0.1, -0.05) is 38.3 Å². The Morgan fingerprint density at radius 3 is 2.13 bits per heavy atom. The fourth-order valence-corrected chi connectivity index (χ4v) is 2.40. The molecule has 0 fully saturated rings. The number of ether oxygens (including phenoxy) is 1. The number of benzene rings is 1. The van der Waals surface area contributed by atoms with Crippen LogP contribution in [0.3, 0.4) is 0 Å². The van der Waals surface area contributed by atoms with Gasteiger partial charge < -0.3 is 15.0 Å². The standard InChI is InChI=1S/C18H29ClN2O2/c1-5-7-9-21(10-8-6-2)18(22)20-13-23-16-11-14(3)17(19)15(4)12-16/h11-12H,5-10,13H2,1-4H3,(H,20,22). The molecular formula is C18H29ClN2O2. The van der Waals surface area contributed by atoms with Gasteiger partial charge in [-0.05, 0) is 49.9 Å². The number of carbonyl (C=O) groups is 1. The number of halogens is 1. The summed E-state index contributed by atoms with van der Waals surface area (Å²) in [4.78, 5) is 14.1. The minimum atomic E-state index is -0.0608. The lowest BCUT2D eigenvalue weighted by atomic mass is 10.1. The summed E-state index contributed by atoms with van der Waals surface area (Å²) in [6, 6.07) is 3.70. The van der Waals surface area contributed by atoms with Crippen LogP contribution in [0, 0.1) is 13.8 Å². The highest BCUT2D eigenvalue weighted by molar-refractivity contribution is 6.32. The third kappa shape index (κ3) is 6.69. The Labute approximate surface area is 145 Å². The molecule has 0 aliphatic carbocycles. The lowest BCUT2D eigenvalue weighted by Crippen LogP contribution is -2.42. The zero-order chi connectivity index (χ0) is 17.2. The largest absolute Gasteiger partial charge is 0.473 e. The molecule has 0 aliphatic heterocycles. The Kier molecular flexibility index (Phi) is 8.85. The van der Waals surface area contributed by atoms with E-state index < -0.39 is 0 Å². The van der Waals surface area contributed by atoms with E-state index >= 15 is 0 Å². The van der Waals surface area contributed by atoms with Gasteiger partial charge in [-0.15, -0.1) is 0 Å². The molecule has 0 heterocycles. The summed E-state index contributed by atoms with van der Waals surface area (Å²) >= 11 is 6.14. The van der Waals surface area contributed by atoms with Crippen LogP contribution >= 0.6 is 11.6 Å². The molecular weight excluding hydrogens is 312 g/mol. The van der Waals surface area contributed by atoms with Gasteiger partial charge in [0, 0.05) is 18.1 Å². The monoisotopic (exact) mass is 340 g/mol. The van der Waals surface area contributed by atoms with Crippen molar-refractivity contribution in [3.05, 3.63) is 28.3 Å². The van der Waals surface area contributed by atoms with E-state index in [1.807, 2.05) is 30.9 Å². The first kappa shape index (κ1) is 19.6. The average Bonchev–Trinajstić information content (AvgIpc) is 2.52. The van der Waals surface area contributed by atoms with E-state index in [1.54, 1.807) is 0 Å². The second-order valence-electron chi connectivity index (χ2n) is 5.84. The van der Waals surface area contributed by atoms with E-state index in [-0.39, 0.29) is 12.8 Å². The molecule has 0 spiro atoms. The second-order valence-corrected chi connectivity index (χ2v) is 6.21. The first-order chi connectivity index (χ1) is 11.0. The van der Waals surface area contributed by atoms with Gasteiger partial charge in [0.05, 0.1) is 0 Å². The number of hydrogen-bond acceptors (Lipinski definition) is 2. The van der Waals surface area contributed by atoms with Crippen molar-refractivity contribution >= 4 is 17.6 Å². The normalized spacial score (nSPS) is 10.5. The SMILES string of the molecule is CCCCN(CCCC)C(=O)NCOc1cc(C)c(Cl)c(C)c1. The third-order valence-corrected chi connectivity index (χ3v) is 4.32. The molecule has 0 atom stereocenters. The fraction of sp³-hybridized carbons (Fsp3) is 0.611. The molecule has 23 heavy (non-hydrogen) atoms. The van der Waals surface area contributed by atoms with Gasteiger partial charge in [0.15, 0.2) is 6.73 Å². The number of nitrogens with one attached hydrogen (secondary N) is 1. The Hall–Kier alpha value is -1.42. The highest BCUT2D eigenvalue weighted by Gasteiger charge is 2.12. The molecule has 1 aromatic carbocycles. The number of urea groups is 1. The zero-order valence-electron chi connectivity index (χ0n) is 14.7. The molecule has 1 aromatic rings. The van der Waals surface area contributed by atoms with E-state index in [2.05, 4.69) is 19.2 Å². The molecule has 0 bridgehead atoms. The number of rotatable bonds is 9. The van der Waals surface area contributed by atoms with Gasteiger partial charge in [-0.3, -0.25) is 0 Å². The number of unbranched alkanes of at least 4 members (excludes halogenated alkanes) is 2. The molecule has 0 radical (unpaired) electrons. The number of aryl methyl sites for hydroxylation is 2. The van der Waals surface area contributed by atoms with Crippen molar-refractivity contribution in [3.8, 4) is 5.75 Å². The maximum absolute atomic E-state index is 12.2. The Balaban J connectivity index is 2.50. The predicted molar refractivity (Wildman–Crippen MR) is 96.3 cm³/mol. The highest BCUT2D eigenvalue weighted by atomic mass is 35.5. The summed E-state index contributed by atoms with van der Waals surface area (Å²) in [5.74, 6) is 0.721. The predicted octanol–water partition coefficient (Wildman–Crippen LogP) is 4.90. The minimum Gasteiger partial charge on any atom is -0.473 e. The van der Waals surface area contributed by atoms with Gasteiger partial charge in [-0.25, -0.2) is 4.79 Å². The van der Waals surface area contributed by atoms with Crippen LogP contribution in [0.1, 0.15) is 50.7 Å². The van der Waals surface area contributed by atoms with Crippen LogP contribution in [0.2, 0.25) is 5.02 Å². The summed E-state index contributed by atoms with van der Waals surface area (Å²) in [7, 11) is 0. The van der Waals surface area contributed by atoms with Crippen molar-refractivity contribution in [2.75, 3.05) is 19.8 Å². The second kappa shape index (κ2) is 10.4. The molecule has 0 saturated carbocycles. The minimum absolute atomic E-state index is 0.0608. The lowest BCUT2D eigenvalue weighted by Gasteiger charge is -2.23. The molecule has 1 rings (SSSR count). The summed E-state index contributed by atoms with van der Waals surface area (Å²) in [6.07, 6.45) is 4.20. The van der Waals surface area contributed by atoms with Crippen molar-refractivity contribution in [1.29, 1.82) is 0 Å². The van der Waals surface area contributed by atoms with E-state index in [0.717, 1.165) is 60.7 Å². The van der Waals surface area contributed by atoms with Crippen LogP contribution in [-0.2, 0) is 0 Å². The Bertz CT molecular complexity index is 475. The van der Waals surface area contributed by atoms with E-state index in [4.69, 9.17) is 16.3 Å². The van der Waals surface area contributed by atoms with Gasteiger partial charge in [-0.2, -0.15) is 0 Å². The average molecular weight is 341 g/mol. The summed E-state index contributed by atoms with van der Waals surface area (Å²) in [6.45, 7) is 9.89. The van der Waals surface area contributed by atoms with Crippen LogP contribution in [-0.4, -0.2) is 30.8 Å². The smallest absolute Gasteiger partial charge is 0.320 e. The first-order valence-corrected chi connectivity index (χ1v) is 8.79. The highest BCUT2D eigenvalue weighted by Crippen LogP contribution is 2.25. The van der Waals surface area contributed by atoms with Crippen molar-refractivity contribution in [1.82, 2.24) is 10.2 Å². The topological polar surface area (TPSA) is 41.6 Å². The fourth-order valence-electron chi connectivity index (χ4n) is 2.30. The molecule has 0 saturated heterocycles. The molecule has 0 unspecified atom stereocenters. The lowest BCUT2D eigenvalue weighted by molar-refractivity contribution is 0.183. The van der Waals surface area contributed by atoms with Crippen LogP contribution < -0.4 is 10.1 Å². The number of carbonyl (C=O) groups excluding carboxylic acids is 1. The van der Waals surface area contributed by atoms with Crippen molar-refractivity contribution in [2.45, 2.75) is 53.4 Å². The van der Waals surface area contributed by atoms with Crippen LogP contribution in [0.25, 0.3) is 0 Å². The number of nitrogens with zero attached hydrogens (tertiary/aromatic N) is 1. The van der Waals surface area contributed by atoms with Gasteiger partial charge in [0.25, 0.3) is 0 Å². The van der Waals surface area contributed by atoms with Crippen LogP contribution in [0.15, 0.2) is 12.1 Å². The first-order valence-electron chi connectivity index (χ1n) is 8.41. The van der Waals surface area contributed by atoms with Crippen LogP contribution in [0.5, 0.6) is 5.75 Å². The molecule has 1 N–H and O–H groups in total. The zero-order valence-corrected chi connectivity index (χ0v) is 15.5. The number of hydrogen-bond donors (Lipinski definition) is 1. The molecule has 2 amide bonds. The maximum atomic E-state index is 12.2. The van der Waals surface area contributed by atoms with Crippen molar-refractivity contribution < 1.29 is 9.53 Å². The quantitative estimate of drug-likeness (QED) is 0.649. The summed E-state index contributed by atoms with van der Waals surface area (Å²) in [5, 5.41) is 3.59. The number of amides is 2. The molecule has 0 aromatic heterocycles.